The molecule has 6 nitrogen and oxygen atoms in total. The Hall–Kier alpha value is -2.73. The number of hydrogen-bond acceptors (Lipinski definition) is 4. The maximum absolute atomic E-state index is 12.9. The standard InChI is InChI=1S/C19H18ClN5O/c1-12-10-25(11-16(12)13-2-4-15(20)5-3-13)19(26)18-8-17(23-24-18)14-6-7-21-22-9-14/h2-9,12,16H,10-11H2,1H3,(H,23,24)/t12-,16-/m1/s1. The number of hydrogen-bond donors (Lipinski definition) is 1. The highest BCUT2D eigenvalue weighted by atomic mass is 35.5. The first kappa shape index (κ1) is 16.7. The van der Waals surface area contributed by atoms with E-state index >= 15 is 0 Å². The van der Waals surface area contributed by atoms with Crippen molar-refractivity contribution in [3.05, 3.63) is 65.1 Å². The Morgan fingerprint density at radius 1 is 1.19 bits per heavy atom. The van der Waals surface area contributed by atoms with Gasteiger partial charge in [0.15, 0.2) is 0 Å². The molecule has 1 aliphatic rings. The zero-order valence-electron chi connectivity index (χ0n) is 14.3. The number of carbonyl (C=O) groups excluding carboxylic acids is 1. The van der Waals surface area contributed by atoms with E-state index in [0.29, 0.717) is 29.8 Å². The first-order valence-corrected chi connectivity index (χ1v) is 8.87. The van der Waals surface area contributed by atoms with Gasteiger partial charge in [-0.1, -0.05) is 30.7 Å². The molecule has 1 saturated heterocycles. The predicted octanol–water partition coefficient (Wildman–Crippen LogP) is 3.40. The van der Waals surface area contributed by atoms with Gasteiger partial charge in [0, 0.05) is 29.6 Å². The number of benzene rings is 1. The quantitative estimate of drug-likeness (QED) is 0.769. The van der Waals surface area contributed by atoms with Gasteiger partial charge in [-0.3, -0.25) is 9.89 Å². The minimum Gasteiger partial charge on any atom is -0.336 e. The van der Waals surface area contributed by atoms with Crippen LogP contribution in [0.5, 0.6) is 0 Å². The summed E-state index contributed by atoms with van der Waals surface area (Å²) in [6, 6.07) is 11.5. The van der Waals surface area contributed by atoms with Crippen molar-refractivity contribution in [2.45, 2.75) is 12.8 Å². The zero-order valence-corrected chi connectivity index (χ0v) is 15.0. The molecule has 0 saturated carbocycles. The van der Waals surface area contributed by atoms with Gasteiger partial charge in [0.1, 0.15) is 5.69 Å². The minimum atomic E-state index is -0.0333. The van der Waals surface area contributed by atoms with Gasteiger partial charge in [0.2, 0.25) is 0 Å². The number of amides is 1. The van der Waals surface area contributed by atoms with E-state index in [9.17, 15) is 4.79 Å². The van der Waals surface area contributed by atoms with Crippen LogP contribution in [0, 0.1) is 5.92 Å². The lowest BCUT2D eigenvalue weighted by atomic mass is 9.90. The van der Waals surface area contributed by atoms with Gasteiger partial charge in [-0.05, 0) is 35.7 Å². The third kappa shape index (κ3) is 3.20. The van der Waals surface area contributed by atoms with Crippen molar-refractivity contribution in [2.75, 3.05) is 13.1 Å². The van der Waals surface area contributed by atoms with Crippen molar-refractivity contribution in [1.82, 2.24) is 25.3 Å². The van der Waals surface area contributed by atoms with Crippen molar-refractivity contribution in [1.29, 1.82) is 0 Å². The van der Waals surface area contributed by atoms with E-state index in [4.69, 9.17) is 11.6 Å². The Balaban J connectivity index is 1.51. The van der Waals surface area contributed by atoms with Crippen molar-refractivity contribution in [2.24, 2.45) is 5.92 Å². The fourth-order valence-electron chi connectivity index (χ4n) is 3.47. The third-order valence-corrected chi connectivity index (χ3v) is 5.14. The van der Waals surface area contributed by atoms with Crippen LogP contribution in [0.3, 0.4) is 0 Å². The van der Waals surface area contributed by atoms with Gasteiger partial charge in [-0.2, -0.15) is 15.3 Å². The molecule has 0 aliphatic carbocycles. The molecule has 132 valence electrons. The Kier molecular flexibility index (Phi) is 4.42. The second kappa shape index (κ2) is 6.88. The van der Waals surface area contributed by atoms with Crippen molar-refractivity contribution >= 4 is 17.5 Å². The number of halogens is 1. The van der Waals surface area contributed by atoms with Crippen LogP contribution in [0.15, 0.2) is 48.8 Å². The average Bonchev–Trinajstić information content (AvgIpc) is 3.30. The van der Waals surface area contributed by atoms with Crippen LogP contribution in [0.4, 0.5) is 0 Å². The number of likely N-dealkylation sites (tertiary alicyclic amines) is 1. The van der Waals surface area contributed by atoms with Crippen LogP contribution >= 0.6 is 11.6 Å². The Bertz CT molecular complexity index is 909. The van der Waals surface area contributed by atoms with Crippen molar-refractivity contribution < 1.29 is 4.79 Å². The number of nitrogens with zero attached hydrogens (tertiary/aromatic N) is 4. The molecular weight excluding hydrogens is 350 g/mol. The molecule has 3 aromatic rings. The highest BCUT2D eigenvalue weighted by Gasteiger charge is 2.34. The number of nitrogens with one attached hydrogen (secondary N) is 1. The Morgan fingerprint density at radius 3 is 2.73 bits per heavy atom. The molecule has 1 aliphatic heterocycles. The Labute approximate surface area is 156 Å². The molecule has 0 radical (unpaired) electrons. The average molecular weight is 368 g/mol. The molecule has 2 aromatic heterocycles. The lowest BCUT2D eigenvalue weighted by molar-refractivity contribution is 0.0781. The maximum Gasteiger partial charge on any atom is 0.271 e. The maximum atomic E-state index is 12.9. The summed E-state index contributed by atoms with van der Waals surface area (Å²) >= 11 is 5.98. The molecule has 1 N–H and O–H groups in total. The molecule has 0 spiro atoms. The molecule has 1 aromatic carbocycles. The molecule has 7 heteroatoms. The van der Waals surface area contributed by atoms with Crippen LogP contribution in [-0.4, -0.2) is 44.3 Å². The Morgan fingerprint density at radius 2 is 2.00 bits per heavy atom. The number of H-pyrrole nitrogens is 1. The number of aromatic nitrogens is 4. The minimum absolute atomic E-state index is 0.0333. The van der Waals surface area contributed by atoms with Crippen LogP contribution in [-0.2, 0) is 0 Å². The smallest absolute Gasteiger partial charge is 0.271 e. The summed E-state index contributed by atoms with van der Waals surface area (Å²) in [6.45, 7) is 3.58. The largest absolute Gasteiger partial charge is 0.336 e. The number of aromatic amines is 1. The van der Waals surface area contributed by atoms with Crippen LogP contribution in [0.1, 0.15) is 28.9 Å². The molecule has 26 heavy (non-hydrogen) atoms. The molecule has 1 amide bonds. The van der Waals surface area contributed by atoms with E-state index in [1.807, 2.05) is 35.2 Å². The first-order chi connectivity index (χ1) is 12.6. The molecule has 0 bridgehead atoms. The van der Waals surface area contributed by atoms with Crippen molar-refractivity contribution in [3.8, 4) is 11.3 Å². The van der Waals surface area contributed by atoms with Gasteiger partial charge >= 0.3 is 0 Å². The molecule has 0 unspecified atom stereocenters. The zero-order chi connectivity index (χ0) is 18.1. The van der Waals surface area contributed by atoms with Gasteiger partial charge in [0.25, 0.3) is 5.91 Å². The summed E-state index contributed by atoms with van der Waals surface area (Å²) in [5, 5.41) is 15.4. The molecule has 3 heterocycles. The van der Waals surface area contributed by atoms with Gasteiger partial charge in [-0.15, -0.1) is 0 Å². The first-order valence-electron chi connectivity index (χ1n) is 8.49. The lowest BCUT2D eigenvalue weighted by Crippen LogP contribution is -2.29. The summed E-state index contributed by atoms with van der Waals surface area (Å²) in [5.41, 5.74) is 3.21. The summed E-state index contributed by atoms with van der Waals surface area (Å²) < 4.78 is 0. The number of carbonyl (C=O) groups is 1. The van der Waals surface area contributed by atoms with E-state index in [2.05, 4.69) is 27.3 Å². The van der Waals surface area contributed by atoms with E-state index < -0.39 is 0 Å². The second-order valence-electron chi connectivity index (χ2n) is 6.64. The molecule has 2 atom stereocenters. The summed E-state index contributed by atoms with van der Waals surface area (Å²) in [6.07, 6.45) is 3.23. The summed E-state index contributed by atoms with van der Waals surface area (Å²) in [5.74, 6) is 0.656. The van der Waals surface area contributed by atoms with Gasteiger partial charge in [0.05, 0.1) is 18.1 Å². The number of rotatable bonds is 3. The third-order valence-electron chi connectivity index (χ3n) is 4.89. The topological polar surface area (TPSA) is 74.8 Å². The SMILES string of the molecule is C[C@@H]1CN(C(=O)c2cc(-c3ccnnc3)n[nH]2)C[C@H]1c1ccc(Cl)cc1. The van der Waals surface area contributed by atoms with Crippen LogP contribution < -0.4 is 0 Å². The summed E-state index contributed by atoms with van der Waals surface area (Å²) in [7, 11) is 0. The van der Waals surface area contributed by atoms with E-state index in [1.165, 1.54) is 5.56 Å². The monoisotopic (exact) mass is 367 g/mol. The highest BCUT2D eigenvalue weighted by molar-refractivity contribution is 6.30. The predicted molar refractivity (Wildman–Crippen MR) is 98.9 cm³/mol. The van der Waals surface area contributed by atoms with E-state index in [0.717, 1.165) is 17.1 Å². The fourth-order valence-corrected chi connectivity index (χ4v) is 3.59. The van der Waals surface area contributed by atoms with E-state index in [1.54, 1.807) is 18.5 Å². The fraction of sp³-hybridized carbons (Fsp3) is 0.263. The van der Waals surface area contributed by atoms with Gasteiger partial charge in [-0.25, -0.2) is 0 Å². The van der Waals surface area contributed by atoms with Crippen molar-refractivity contribution in [3.63, 3.8) is 0 Å². The van der Waals surface area contributed by atoms with Crippen LogP contribution in [0.2, 0.25) is 5.02 Å². The highest BCUT2D eigenvalue weighted by Crippen LogP contribution is 2.33. The lowest BCUT2D eigenvalue weighted by Gasteiger charge is -2.16. The molecular formula is C19H18ClN5O. The summed E-state index contributed by atoms with van der Waals surface area (Å²) in [4.78, 5) is 14.8. The second-order valence-corrected chi connectivity index (χ2v) is 7.08. The van der Waals surface area contributed by atoms with Gasteiger partial charge < -0.3 is 4.90 Å². The molecule has 1 fully saturated rings. The van der Waals surface area contributed by atoms with Crippen LogP contribution in [0.25, 0.3) is 11.3 Å². The normalized spacial score (nSPS) is 19.7. The molecule has 4 rings (SSSR count). The van der Waals surface area contributed by atoms with E-state index in [-0.39, 0.29) is 5.91 Å².